The first kappa shape index (κ1) is 11.9. The van der Waals surface area contributed by atoms with Gasteiger partial charge in [0.2, 0.25) is 0 Å². The van der Waals surface area contributed by atoms with E-state index in [2.05, 4.69) is 0 Å². The molecule has 98 valence electrons. The maximum absolute atomic E-state index is 13.3. The summed E-state index contributed by atoms with van der Waals surface area (Å²) in [6.45, 7) is 0. The lowest BCUT2D eigenvalue weighted by Gasteiger charge is -2.19. The maximum Gasteiger partial charge on any atom is 0.307 e. The van der Waals surface area contributed by atoms with Gasteiger partial charge < -0.3 is 9.67 Å². The number of aryl methyl sites for hydroxylation is 1. The summed E-state index contributed by atoms with van der Waals surface area (Å²) in [6, 6.07) is 4.30. The number of aliphatic carboxylic acids is 1. The Bertz CT molecular complexity index is 717. The monoisotopic (exact) mass is 261 g/mol. The lowest BCUT2D eigenvalue weighted by molar-refractivity contribution is -0.141. The van der Waals surface area contributed by atoms with Crippen LogP contribution in [0.3, 0.4) is 0 Å². The van der Waals surface area contributed by atoms with Gasteiger partial charge >= 0.3 is 5.97 Å². The third kappa shape index (κ3) is 1.65. The van der Waals surface area contributed by atoms with Gasteiger partial charge in [-0.1, -0.05) is 0 Å². The van der Waals surface area contributed by atoms with Crippen LogP contribution in [0.4, 0.5) is 4.39 Å². The summed E-state index contributed by atoms with van der Waals surface area (Å²) in [4.78, 5) is 23.2. The number of aromatic nitrogens is 1. The average molecular weight is 261 g/mol. The number of rotatable bonds is 1. The van der Waals surface area contributed by atoms with Crippen LogP contribution in [0, 0.1) is 11.7 Å². The Kier molecular flexibility index (Phi) is 2.45. The van der Waals surface area contributed by atoms with Crippen LogP contribution in [-0.4, -0.2) is 21.4 Å². The van der Waals surface area contributed by atoms with Crippen molar-refractivity contribution in [1.82, 2.24) is 4.57 Å². The fraction of sp³-hybridized carbons (Fsp3) is 0.286. The van der Waals surface area contributed by atoms with Crippen molar-refractivity contribution in [2.24, 2.45) is 13.0 Å². The van der Waals surface area contributed by atoms with E-state index in [0.717, 1.165) is 5.52 Å². The number of hydrogen-bond acceptors (Lipinski definition) is 2. The van der Waals surface area contributed by atoms with Gasteiger partial charge in [0.25, 0.3) is 0 Å². The van der Waals surface area contributed by atoms with Crippen molar-refractivity contribution in [3.05, 3.63) is 35.3 Å². The third-order valence-corrected chi connectivity index (χ3v) is 3.78. The molecule has 4 nitrogen and oxygen atoms in total. The Labute approximate surface area is 108 Å². The van der Waals surface area contributed by atoms with Gasteiger partial charge in [0.1, 0.15) is 5.82 Å². The van der Waals surface area contributed by atoms with E-state index in [1.165, 1.54) is 12.1 Å². The van der Waals surface area contributed by atoms with Gasteiger partial charge in [-0.3, -0.25) is 9.59 Å². The molecule has 1 atom stereocenters. The second-order valence-electron chi connectivity index (χ2n) is 4.91. The Morgan fingerprint density at radius 3 is 2.84 bits per heavy atom. The maximum atomic E-state index is 13.3. The zero-order valence-electron chi connectivity index (χ0n) is 10.3. The minimum atomic E-state index is -0.963. The number of benzene rings is 1. The largest absolute Gasteiger partial charge is 0.481 e. The summed E-state index contributed by atoms with van der Waals surface area (Å²) >= 11 is 0. The molecule has 19 heavy (non-hydrogen) atoms. The van der Waals surface area contributed by atoms with Gasteiger partial charge in [0, 0.05) is 42.0 Å². The van der Waals surface area contributed by atoms with Crippen molar-refractivity contribution in [3.63, 3.8) is 0 Å². The van der Waals surface area contributed by atoms with Gasteiger partial charge in [-0.15, -0.1) is 0 Å². The molecule has 0 saturated heterocycles. The molecule has 0 saturated carbocycles. The number of carbonyl (C=O) groups is 2. The summed E-state index contributed by atoms with van der Waals surface area (Å²) in [7, 11) is 1.77. The van der Waals surface area contributed by atoms with Crippen molar-refractivity contribution < 1.29 is 19.1 Å². The van der Waals surface area contributed by atoms with Crippen molar-refractivity contribution >= 4 is 22.7 Å². The summed E-state index contributed by atoms with van der Waals surface area (Å²) in [5, 5.41) is 9.65. The average Bonchev–Trinajstić information content (AvgIpc) is 2.63. The molecule has 0 fully saturated rings. The van der Waals surface area contributed by atoms with E-state index in [-0.39, 0.29) is 12.2 Å². The van der Waals surface area contributed by atoms with Crippen LogP contribution in [0.2, 0.25) is 0 Å². The number of nitrogens with zero attached hydrogens (tertiary/aromatic N) is 1. The third-order valence-electron chi connectivity index (χ3n) is 3.78. The van der Waals surface area contributed by atoms with Crippen molar-refractivity contribution in [3.8, 4) is 0 Å². The molecule has 1 N–H and O–H groups in total. The summed E-state index contributed by atoms with van der Waals surface area (Å²) in [6.07, 6.45) is 0.293. The first-order chi connectivity index (χ1) is 8.99. The molecular weight excluding hydrogens is 249 g/mol. The number of carbonyl (C=O) groups excluding carboxylic acids is 1. The van der Waals surface area contributed by atoms with E-state index in [4.69, 9.17) is 5.11 Å². The van der Waals surface area contributed by atoms with E-state index in [9.17, 15) is 14.0 Å². The Hall–Kier alpha value is -2.17. The fourth-order valence-electron chi connectivity index (χ4n) is 2.83. The smallest absolute Gasteiger partial charge is 0.307 e. The van der Waals surface area contributed by atoms with Gasteiger partial charge in [-0.2, -0.15) is 0 Å². The van der Waals surface area contributed by atoms with E-state index in [0.29, 0.717) is 23.1 Å². The standard InChI is InChI=1S/C14H12FNO3/c1-16-10-3-2-8(15)6-9(10)13-11(16)4-7(14(18)19)5-12(13)17/h2-3,6-7H,4-5H2,1H3,(H,18,19). The minimum Gasteiger partial charge on any atom is -0.481 e. The molecule has 1 aromatic heterocycles. The molecule has 1 heterocycles. The second kappa shape index (κ2) is 3.91. The van der Waals surface area contributed by atoms with Gasteiger partial charge in [0.05, 0.1) is 5.92 Å². The molecule has 1 unspecified atom stereocenters. The summed E-state index contributed by atoms with van der Waals surface area (Å²) in [5.74, 6) is -2.26. The lowest BCUT2D eigenvalue weighted by atomic mass is 9.86. The summed E-state index contributed by atoms with van der Waals surface area (Å²) < 4.78 is 15.1. The molecule has 0 aliphatic heterocycles. The van der Waals surface area contributed by atoms with Crippen LogP contribution < -0.4 is 0 Å². The number of ketones is 1. The molecular formula is C14H12FNO3. The number of halogens is 1. The van der Waals surface area contributed by atoms with Crippen LogP contribution in [0.15, 0.2) is 18.2 Å². The van der Waals surface area contributed by atoms with E-state index < -0.39 is 17.7 Å². The zero-order chi connectivity index (χ0) is 13.7. The first-order valence-corrected chi connectivity index (χ1v) is 6.02. The van der Waals surface area contributed by atoms with E-state index >= 15 is 0 Å². The molecule has 5 heteroatoms. The highest BCUT2D eigenvalue weighted by Gasteiger charge is 2.33. The minimum absolute atomic E-state index is 0.0159. The molecule has 0 radical (unpaired) electrons. The molecule has 0 bridgehead atoms. The van der Waals surface area contributed by atoms with Crippen LogP contribution in [-0.2, 0) is 18.3 Å². The predicted molar refractivity (Wildman–Crippen MR) is 66.7 cm³/mol. The van der Waals surface area contributed by atoms with Crippen LogP contribution in [0.25, 0.3) is 10.9 Å². The zero-order valence-corrected chi connectivity index (χ0v) is 10.3. The van der Waals surface area contributed by atoms with Crippen LogP contribution in [0.5, 0.6) is 0 Å². The highest BCUT2D eigenvalue weighted by molar-refractivity contribution is 6.11. The first-order valence-electron chi connectivity index (χ1n) is 6.02. The van der Waals surface area contributed by atoms with E-state index in [1.807, 2.05) is 0 Å². The number of hydrogen-bond donors (Lipinski definition) is 1. The predicted octanol–water partition coefficient (Wildman–Crippen LogP) is 2.15. The Balaban J connectivity index is 2.28. The molecule has 0 amide bonds. The molecule has 2 aromatic rings. The highest BCUT2D eigenvalue weighted by atomic mass is 19.1. The van der Waals surface area contributed by atoms with Crippen LogP contribution in [0.1, 0.15) is 22.5 Å². The number of carboxylic acids is 1. The second-order valence-corrected chi connectivity index (χ2v) is 4.91. The van der Waals surface area contributed by atoms with Crippen LogP contribution >= 0.6 is 0 Å². The van der Waals surface area contributed by atoms with Crippen molar-refractivity contribution in [2.75, 3.05) is 0 Å². The number of Topliss-reactive ketones (excluding diaryl/α,β-unsaturated/α-hetero) is 1. The lowest BCUT2D eigenvalue weighted by Crippen LogP contribution is -2.27. The highest BCUT2D eigenvalue weighted by Crippen LogP contribution is 2.34. The number of fused-ring (bicyclic) bond motifs is 3. The fourth-order valence-corrected chi connectivity index (χ4v) is 2.83. The van der Waals surface area contributed by atoms with Gasteiger partial charge in [-0.05, 0) is 18.2 Å². The quantitative estimate of drug-likeness (QED) is 0.855. The van der Waals surface area contributed by atoms with E-state index in [1.54, 1.807) is 17.7 Å². The normalized spacial score (nSPS) is 18.6. The molecule has 1 aliphatic rings. The Morgan fingerprint density at radius 1 is 1.42 bits per heavy atom. The topological polar surface area (TPSA) is 59.3 Å². The molecule has 0 spiro atoms. The SMILES string of the molecule is Cn1c2c(c3cc(F)ccc31)C(=O)CC(C(=O)O)C2. The van der Waals surface area contributed by atoms with Crippen molar-refractivity contribution in [2.45, 2.75) is 12.8 Å². The van der Waals surface area contributed by atoms with Crippen molar-refractivity contribution in [1.29, 1.82) is 0 Å². The summed E-state index contributed by atoms with van der Waals surface area (Å²) in [5.41, 5.74) is 1.92. The number of carboxylic acid groups (broad SMARTS) is 1. The Morgan fingerprint density at radius 2 is 2.16 bits per heavy atom. The van der Waals surface area contributed by atoms with Gasteiger partial charge in [0.15, 0.2) is 5.78 Å². The van der Waals surface area contributed by atoms with Gasteiger partial charge in [-0.25, -0.2) is 4.39 Å². The molecule has 1 aliphatic carbocycles. The molecule has 3 rings (SSSR count). The molecule has 1 aromatic carbocycles.